The van der Waals surface area contributed by atoms with E-state index in [4.69, 9.17) is 4.74 Å². The van der Waals surface area contributed by atoms with Gasteiger partial charge in [-0.2, -0.15) is 0 Å². The molecule has 0 amide bonds. The largest absolute Gasteiger partial charge is 0.496 e. The van der Waals surface area contributed by atoms with Crippen molar-refractivity contribution < 1.29 is 4.74 Å². The molecular formula is C18H31NO. The molecule has 1 N–H and O–H groups in total. The fourth-order valence-electron chi connectivity index (χ4n) is 2.36. The summed E-state index contributed by atoms with van der Waals surface area (Å²) in [6.07, 6.45) is 6.23. The maximum absolute atomic E-state index is 5.42. The Morgan fingerprint density at radius 3 is 2.40 bits per heavy atom. The number of benzene rings is 1. The van der Waals surface area contributed by atoms with Crippen LogP contribution in [0, 0.1) is 6.92 Å². The molecule has 1 rings (SSSR count). The third-order valence-electron chi connectivity index (χ3n) is 3.46. The molecule has 1 aromatic rings. The molecule has 2 nitrogen and oxygen atoms in total. The highest BCUT2D eigenvalue weighted by molar-refractivity contribution is 5.36. The molecule has 0 aliphatic heterocycles. The molecule has 0 saturated carbocycles. The van der Waals surface area contributed by atoms with Crippen molar-refractivity contribution in [3.05, 3.63) is 29.3 Å². The zero-order valence-corrected chi connectivity index (χ0v) is 13.9. The van der Waals surface area contributed by atoms with Gasteiger partial charge < -0.3 is 10.1 Å². The number of unbranched alkanes of at least 4 members (excludes halogenated alkanes) is 3. The van der Waals surface area contributed by atoms with E-state index in [0.717, 1.165) is 18.7 Å². The fourth-order valence-corrected chi connectivity index (χ4v) is 2.36. The Balaban J connectivity index is 2.20. The monoisotopic (exact) mass is 277 g/mol. The van der Waals surface area contributed by atoms with E-state index in [1.165, 1.54) is 36.8 Å². The van der Waals surface area contributed by atoms with E-state index in [9.17, 15) is 0 Å². The second-order valence-electron chi connectivity index (χ2n) is 6.66. The van der Waals surface area contributed by atoms with Crippen LogP contribution in [0.1, 0.15) is 57.6 Å². The highest BCUT2D eigenvalue weighted by Crippen LogP contribution is 2.21. The minimum atomic E-state index is 0.245. The number of hydrogen-bond donors (Lipinski definition) is 1. The molecule has 1 aromatic carbocycles. The van der Waals surface area contributed by atoms with Crippen molar-refractivity contribution in [2.75, 3.05) is 13.7 Å². The molecule has 20 heavy (non-hydrogen) atoms. The Kier molecular flexibility index (Phi) is 7.08. The molecule has 0 heterocycles. The smallest absolute Gasteiger partial charge is 0.122 e. The second kappa shape index (κ2) is 8.31. The molecule has 2 heteroatoms. The molecule has 0 radical (unpaired) electrons. The SMILES string of the molecule is COc1ccc(C)cc1CCCCCCNC(C)(C)C. The summed E-state index contributed by atoms with van der Waals surface area (Å²) in [7, 11) is 1.76. The normalized spacial score (nSPS) is 11.7. The number of hydrogen-bond acceptors (Lipinski definition) is 2. The summed E-state index contributed by atoms with van der Waals surface area (Å²) in [5.74, 6) is 1.03. The number of ether oxygens (including phenoxy) is 1. The van der Waals surface area contributed by atoms with Crippen LogP contribution >= 0.6 is 0 Å². The summed E-state index contributed by atoms with van der Waals surface area (Å²) in [5, 5.41) is 3.54. The van der Waals surface area contributed by atoms with Crippen LogP contribution in [0.5, 0.6) is 5.75 Å². The van der Waals surface area contributed by atoms with Gasteiger partial charge >= 0.3 is 0 Å². The molecular weight excluding hydrogens is 246 g/mol. The molecule has 0 bridgehead atoms. The molecule has 0 fully saturated rings. The van der Waals surface area contributed by atoms with Crippen LogP contribution in [-0.4, -0.2) is 19.2 Å². The van der Waals surface area contributed by atoms with Crippen molar-refractivity contribution in [2.45, 2.75) is 65.3 Å². The number of nitrogens with one attached hydrogen (secondary N) is 1. The Bertz CT molecular complexity index is 393. The van der Waals surface area contributed by atoms with E-state index < -0.39 is 0 Å². The third-order valence-corrected chi connectivity index (χ3v) is 3.46. The lowest BCUT2D eigenvalue weighted by atomic mass is 10.0. The second-order valence-corrected chi connectivity index (χ2v) is 6.66. The van der Waals surface area contributed by atoms with Crippen LogP contribution in [0.15, 0.2) is 18.2 Å². The summed E-state index contributed by atoms with van der Waals surface area (Å²) < 4.78 is 5.42. The molecule has 0 spiro atoms. The Hall–Kier alpha value is -1.02. The lowest BCUT2D eigenvalue weighted by Gasteiger charge is -2.20. The molecule has 0 atom stereocenters. The zero-order chi connectivity index (χ0) is 15.0. The molecule has 0 saturated heterocycles. The third kappa shape index (κ3) is 6.95. The highest BCUT2D eigenvalue weighted by atomic mass is 16.5. The summed E-state index contributed by atoms with van der Waals surface area (Å²) in [4.78, 5) is 0. The van der Waals surface area contributed by atoms with E-state index in [1.54, 1.807) is 7.11 Å². The van der Waals surface area contributed by atoms with E-state index in [-0.39, 0.29) is 5.54 Å². The molecule has 0 aliphatic carbocycles. The molecule has 0 unspecified atom stereocenters. The van der Waals surface area contributed by atoms with Gasteiger partial charge in [0, 0.05) is 5.54 Å². The average Bonchev–Trinajstić information content (AvgIpc) is 2.36. The first-order valence-electron chi connectivity index (χ1n) is 7.81. The van der Waals surface area contributed by atoms with Gasteiger partial charge in [0.15, 0.2) is 0 Å². The predicted octanol–water partition coefficient (Wildman–Crippen LogP) is 4.49. The first kappa shape index (κ1) is 17.0. The van der Waals surface area contributed by atoms with E-state index >= 15 is 0 Å². The lowest BCUT2D eigenvalue weighted by molar-refractivity contribution is 0.407. The van der Waals surface area contributed by atoms with Gasteiger partial charge in [0.2, 0.25) is 0 Å². The predicted molar refractivity (Wildman–Crippen MR) is 87.7 cm³/mol. The summed E-state index contributed by atoms with van der Waals surface area (Å²) in [6, 6.07) is 6.44. The minimum Gasteiger partial charge on any atom is -0.496 e. The lowest BCUT2D eigenvalue weighted by Crippen LogP contribution is -2.36. The Morgan fingerprint density at radius 2 is 1.75 bits per heavy atom. The van der Waals surface area contributed by atoms with Crippen LogP contribution in [0.4, 0.5) is 0 Å². The van der Waals surface area contributed by atoms with Crippen molar-refractivity contribution >= 4 is 0 Å². The molecule has 114 valence electrons. The van der Waals surface area contributed by atoms with Gasteiger partial charge in [-0.3, -0.25) is 0 Å². The zero-order valence-electron chi connectivity index (χ0n) is 13.9. The van der Waals surface area contributed by atoms with Gasteiger partial charge in [-0.05, 0) is 65.1 Å². The first-order valence-corrected chi connectivity index (χ1v) is 7.81. The van der Waals surface area contributed by atoms with Gasteiger partial charge in [-0.1, -0.05) is 30.5 Å². The Labute approximate surface area is 124 Å². The van der Waals surface area contributed by atoms with Gasteiger partial charge in [0.1, 0.15) is 5.75 Å². The summed E-state index contributed by atoms with van der Waals surface area (Å²) >= 11 is 0. The van der Waals surface area contributed by atoms with E-state index in [0.29, 0.717) is 0 Å². The number of rotatable bonds is 8. The van der Waals surface area contributed by atoms with Gasteiger partial charge in [-0.15, -0.1) is 0 Å². The Morgan fingerprint density at radius 1 is 1.05 bits per heavy atom. The maximum atomic E-state index is 5.42. The first-order chi connectivity index (χ1) is 9.42. The van der Waals surface area contributed by atoms with Crippen LogP contribution in [-0.2, 0) is 6.42 Å². The minimum absolute atomic E-state index is 0.245. The highest BCUT2D eigenvalue weighted by Gasteiger charge is 2.07. The van der Waals surface area contributed by atoms with Crippen LogP contribution in [0.25, 0.3) is 0 Å². The standard InChI is InChI=1S/C18H31NO/c1-15-11-12-17(20-5)16(14-15)10-8-6-7-9-13-19-18(2,3)4/h11-12,14,19H,6-10,13H2,1-5H3. The van der Waals surface area contributed by atoms with Gasteiger partial charge in [0.05, 0.1) is 7.11 Å². The molecule has 0 aromatic heterocycles. The van der Waals surface area contributed by atoms with Crippen LogP contribution in [0.2, 0.25) is 0 Å². The number of aryl methyl sites for hydroxylation is 2. The fraction of sp³-hybridized carbons (Fsp3) is 0.667. The summed E-state index contributed by atoms with van der Waals surface area (Å²) in [5.41, 5.74) is 2.91. The van der Waals surface area contributed by atoms with E-state index in [2.05, 4.69) is 51.2 Å². The van der Waals surface area contributed by atoms with E-state index in [1.807, 2.05) is 0 Å². The quantitative estimate of drug-likeness (QED) is 0.707. The van der Waals surface area contributed by atoms with Gasteiger partial charge in [-0.25, -0.2) is 0 Å². The van der Waals surface area contributed by atoms with Crippen molar-refractivity contribution in [1.29, 1.82) is 0 Å². The van der Waals surface area contributed by atoms with Crippen molar-refractivity contribution in [2.24, 2.45) is 0 Å². The summed E-state index contributed by atoms with van der Waals surface area (Å²) in [6.45, 7) is 9.92. The van der Waals surface area contributed by atoms with Crippen molar-refractivity contribution in [1.82, 2.24) is 5.32 Å². The average molecular weight is 277 g/mol. The molecule has 0 aliphatic rings. The maximum Gasteiger partial charge on any atom is 0.122 e. The van der Waals surface area contributed by atoms with Crippen molar-refractivity contribution in [3.8, 4) is 5.75 Å². The van der Waals surface area contributed by atoms with Gasteiger partial charge in [0.25, 0.3) is 0 Å². The number of methoxy groups -OCH3 is 1. The van der Waals surface area contributed by atoms with Crippen LogP contribution in [0.3, 0.4) is 0 Å². The topological polar surface area (TPSA) is 21.3 Å². The van der Waals surface area contributed by atoms with Crippen LogP contribution < -0.4 is 10.1 Å². The van der Waals surface area contributed by atoms with Crippen molar-refractivity contribution in [3.63, 3.8) is 0 Å².